The minimum absolute atomic E-state index is 0.145. The van der Waals surface area contributed by atoms with Gasteiger partial charge in [-0.1, -0.05) is 18.2 Å². The van der Waals surface area contributed by atoms with E-state index >= 15 is 0 Å². The SMILES string of the molecule is c1ccc2c(c1)NC(c1ccc3c(c1)OCCN3)O2. The van der Waals surface area contributed by atoms with E-state index in [2.05, 4.69) is 16.7 Å². The largest absolute Gasteiger partial charge is 0.490 e. The maximum atomic E-state index is 5.90. The van der Waals surface area contributed by atoms with E-state index in [1.807, 2.05) is 36.4 Å². The fraction of sp³-hybridized carbons (Fsp3) is 0.200. The Bertz CT molecular complexity index is 602. The minimum Gasteiger partial charge on any atom is -0.490 e. The Hall–Kier alpha value is -2.36. The second-order valence-electron chi connectivity index (χ2n) is 4.67. The van der Waals surface area contributed by atoms with E-state index in [4.69, 9.17) is 9.47 Å². The van der Waals surface area contributed by atoms with Gasteiger partial charge >= 0.3 is 0 Å². The Balaban J connectivity index is 1.64. The fourth-order valence-corrected chi connectivity index (χ4v) is 2.45. The fourth-order valence-electron chi connectivity index (χ4n) is 2.45. The minimum atomic E-state index is -0.145. The summed E-state index contributed by atoms with van der Waals surface area (Å²) in [6.07, 6.45) is -0.145. The molecule has 0 aromatic heterocycles. The first-order valence-electron chi connectivity index (χ1n) is 6.43. The maximum Gasteiger partial charge on any atom is 0.196 e. The van der Waals surface area contributed by atoms with Crippen molar-refractivity contribution >= 4 is 11.4 Å². The van der Waals surface area contributed by atoms with Crippen LogP contribution in [0.2, 0.25) is 0 Å². The number of para-hydroxylation sites is 2. The van der Waals surface area contributed by atoms with Crippen molar-refractivity contribution in [2.45, 2.75) is 6.23 Å². The third kappa shape index (κ3) is 1.76. The van der Waals surface area contributed by atoms with Gasteiger partial charge in [0.2, 0.25) is 0 Å². The quantitative estimate of drug-likeness (QED) is 0.821. The van der Waals surface area contributed by atoms with Gasteiger partial charge in [-0.15, -0.1) is 0 Å². The van der Waals surface area contributed by atoms with E-state index in [9.17, 15) is 0 Å². The molecule has 19 heavy (non-hydrogen) atoms. The number of benzene rings is 2. The third-order valence-corrected chi connectivity index (χ3v) is 3.40. The molecule has 1 unspecified atom stereocenters. The van der Waals surface area contributed by atoms with Gasteiger partial charge in [0.15, 0.2) is 6.23 Å². The number of hydrogen-bond donors (Lipinski definition) is 2. The molecule has 4 heteroatoms. The molecule has 0 saturated heterocycles. The number of nitrogens with one attached hydrogen (secondary N) is 2. The van der Waals surface area contributed by atoms with Crippen LogP contribution in [0, 0.1) is 0 Å². The Kier molecular flexibility index (Phi) is 2.27. The summed E-state index contributed by atoms with van der Waals surface area (Å²) in [4.78, 5) is 0. The highest BCUT2D eigenvalue weighted by atomic mass is 16.5. The summed E-state index contributed by atoms with van der Waals surface area (Å²) in [6.45, 7) is 1.56. The lowest BCUT2D eigenvalue weighted by atomic mass is 10.1. The highest BCUT2D eigenvalue weighted by Gasteiger charge is 2.24. The van der Waals surface area contributed by atoms with Gasteiger partial charge in [-0.2, -0.15) is 0 Å². The van der Waals surface area contributed by atoms with E-state index in [1.54, 1.807) is 0 Å². The van der Waals surface area contributed by atoms with Crippen LogP contribution in [-0.2, 0) is 0 Å². The van der Waals surface area contributed by atoms with Gasteiger partial charge in [-0.05, 0) is 24.3 Å². The molecule has 2 aromatic carbocycles. The standard InChI is InChI=1S/C15H14N2O2/c1-2-4-13-12(3-1)17-15(19-13)10-5-6-11-14(9-10)18-8-7-16-11/h1-6,9,15-17H,7-8H2. The highest BCUT2D eigenvalue weighted by Crippen LogP contribution is 2.39. The van der Waals surface area contributed by atoms with Crippen molar-refractivity contribution in [3.05, 3.63) is 48.0 Å². The molecule has 2 aliphatic rings. The molecule has 0 bridgehead atoms. The first-order chi connectivity index (χ1) is 9.40. The maximum absolute atomic E-state index is 5.90. The zero-order chi connectivity index (χ0) is 12.7. The van der Waals surface area contributed by atoms with Crippen molar-refractivity contribution in [2.24, 2.45) is 0 Å². The van der Waals surface area contributed by atoms with Crippen molar-refractivity contribution in [3.8, 4) is 11.5 Å². The highest BCUT2D eigenvalue weighted by molar-refractivity contribution is 5.63. The van der Waals surface area contributed by atoms with Gasteiger partial charge < -0.3 is 20.1 Å². The average molecular weight is 254 g/mol. The van der Waals surface area contributed by atoms with Crippen molar-refractivity contribution < 1.29 is 9.47 Å². The molecule has 0 amide bonds. The van der Waals surface area contributed by atoms with Crippen LogP contribution in [0.3, 0.4) is 0 Å². The predicted molar refractivity (Wildman–Crippen MR) is 73.9 cm³/mol. The number of hydrogen-bond acceptors (Lipinski definition) is 4. The van der Waals surface area contributed by atoms with Crippen molar-refractivity contribution in [2.75, 3.05) is 23.8 Å². The van der Waals surface area contributed by atoms with Crippen LogP contribution in [0.4, 0.5) is 11.4 Å². The van der Waals surface area contributed by atoms with Crippen LogP contribution in [0.1, 0.15) is 11.8 Å². The van der Waals surface area contributed by atoms with E-state index in [1.165, 1.54) is 0 Å². The summed E-state index contributed by atoms with van der Waals surface area (Å²) >= 11 is 0. The molecular weight excluding hydrogens is 240 g/mol. The van der Waals surface area contributed by atoms with Gasteiger partial charge in [-0.25, -0.2) is 0 Å². The van der Waals surface area contributed by atoms with Crippen LogP contribution >= 0.6 is 0 Å². The van der Waals surface area contributed by atoms with E-state index in [-0.39, 0.29) is 6.23 Å². The summed E-state index contributed by atoms with van der Waals surface area (Å²) in [6, 6.07) is 14.1. The molecule has 4 nitrogen and oxygen atoms in total. The normalized spacial score (nSPS) is 19.3. The van der Waals surface area contributed by atoms with Gasteiger partial charge in [0.05, 0.1) is 11.4 Å². The summed E-state index contributed by atoms with van der Waals surface area (Å²) in [5.74, 6) is 1.79. The third-order valence-electron chi connectivity index (χ3n) is 3.40. The average Bonchev–Trinajstić information content (AvgIpc) is 2.90. The number of anilines is 2. The monoisotopic (exact) mass is 254 g/mol. The summed E-state index contributed by atoms with van der Waals surface area (Å²) < 4.78 is 11.6. The molecule has 2 N–H and O–H groups in total. The van der Waals surface area contributed by atoms with E-state index in [0.29, 0.717) is 6.61 Å². The lowest BCUT2D eigenvalue weighted by molar-refractivity contribution is 0.258. The molecular formula is C15H14N2O2. The molecule has 0 aliphatic carbocycles. The summed E-state index contributed by atoms with van der Waals surface area (Å²) in [5, 5.41) is 6.67. The molecule has 0 saturated carbocycles. The number of ether oxygens (including phenoxy) is 2. The molecule has 2 aromatic rings. The topological polar surface area (TPSA) is 42.5 Å². The van der Waals surface area contributed by atoms with E-state index in [0.717, 1.165) is 35.0 Å². The Morgan fingerprint density at radius 1 is 1.00 bits per heavy atom. The van der Waals surface area contributed by atoms with Crippen molar-refractivity contribution in [3.63, 3.8) is 0 Å². The smallest absolute Gasteiger partial charge is 0.196 e. The molecule has 0 fully saturated rings. The molecule has 2 aliphatic heterocycles. The van der Waals surface area contributed by atoms with E-state index < -0.39 is 0 Å². The first kappa shape index (κ1) is 10.6. The van der Waals surface area contributed by atoms with Crippen LogP contribution in [-0.4, -0.2) is 13.2 Å². The van der Waals surface area contributed by atoms with Crippen molar-refractivity contribution in [1.29, 1.82) is 0 Å². The Morgan fingerprint density at radius 3 is 2.89 bits per heavy atom. The zero-order valence-corrected chi connectivity index (χ0v) is 10.3. The molecule has 2 heterocycles. The number of fused-ring (bicyclic) bond motifs is 2. The lowest BCUT2D eigenvalue weighted by Gasteiger charge is -2.21. The number of rotatable bonds is 1. The van der Waals surface area contributed by atoms with Crippen LogP contribution < -0.4 is 20.1 Å². The molecule has 0 radical (unpaired) electrons. The second kappa shape index (κ2) is 4.09. The van der Waals surface area contributed by atoms with Crippen molar-refractivity contribution in [1.82, 2.24) is 0 Å². The molecule has 4 rings (SSSR count). The van der Waals surface area contributed by atoms with Gasteiger partial charge in [0.1, 0.15) is 18.1 Å². The van der Waals surface area contributed by atoms with Crippen LogP contribution in [0.25, 0.3) is 0 Å². The Labute approximate surface area is 111 Å². The van der Waals surface area contributed by atoms with Gasteiger partial charge in [0.25, 0.3) is 0 Å². The molecule has 0 spiro atoms. The van der Waals surface area contributed by atoms with Gasteiger partial charge in [0, 0.05) is 12.1 Å². The molecule has 96 valence electrons. The van der Waals surface area contributed by atoms with Crippen LogP contribution in [0.15, 0.2) is 42.5 Å². The molecule has 1 atom stereocenters. The van der Waals surface area contributed by atoms with Gasteiger partial charge in [-0.3, -0.25) is 0 Å². The summed E-state index contributed by atoms with van der Waals surface area (Å²) in [5.41, 5.74) is 3.15. The second-order valence-corrected chi connectivity index (χ2v) is 4.67. The predicted octanol–water partition coefficient (Wildman–Crippen LogP) is 2.99. The van der Waals surface area contributed by atoms with Crippen LogP contribution in [0.5, 0.6) is 11.5 Å². The lowest BCUT2D eigenvalue weighted by Crippen LogP contribution is -2.19. The Morgan fingerprint density at radius 2 is 1.95 bits per heavy atom. The summed E-state index contributed by atoms with van der Waals surface area (Å²) in [7, 11) is 0. The first-order valence-corrected chi connectivity index (χ1v) is 6.43. The zero-order valence-electron chi connectivity index (χ0n) is 10.3.